The molecule has 0 aromatic carbocycles. The van der Waals surface area contributed by atoms with E-state index >= 15 is 0 Å². The van der Waals surface area contributed by atoms with Crippen molar-refractivity contribution < 1.29 is 0 Å². The third-order valence-corrected chi connectivity index (χ3v) is 2.60. The predicted molar refractivity (Wildman–Crippen MR) is 48.6 cm³/mol. The van der Waals surface area contributed by atoms with E-state index in [0.717, 1.165) is 6.54 Å². The molecule has 0 aliphatic carbocycles. The van der Waals surface area contributed by atoms with Crippen molar-refractivity contribution >= 4 is 0 Å². The van der Waals surface area contributed by atoms with Crippen molar-refractivity contribution in [1.29, 1.82) is 0 Å². The van der Waals surface area contributed by atoms with Crippen molar-refractivity contribution in [3.8, 4) is 0 Å². The van der Waals surface area contributed by atoms with E-state index in [4.69, 9.17) is 5.73 Å². The highest BCUT2D eigenvalue weighted by atomic mass is 15.2. The fourth-order valence-corrected chi connectivity index (χ4v) is 1.84. The Morgan fingerprint density at radius 1 is 1.55 bits per heavy atom. The molecule has 11 heavy (non-hydrogen) atoms. The first kappa shape index (κ1) is 9.01. The topological polar surface area (TPSA) is 29.3 Å². The number of nitrogens with zero attached hydrogens (tertiary/aromatic N) is 1. The van der Waals surface area contributed by atoms with E-state index in [1.165, 1.54) is 32.2 Å². The molecule has 0 bridgehead atoms. The first-order chi connectivity index (χ1) is 5.16. The van der Waals surface area contributed by atoms with E-state index in [2.05, 4.69) is 18.9 Å². The Kier molecular flexibility index (Phi) is 2.90. The van der Waals surface area contributed by atoms with Gasteiger partial charge in [-0.25, -0.2) is 0 Å². The SMILES string of the molecule is CCCCC1(N)CCN(C)C1. The van der Waals surface area contributed by atoms with Crippen LogP contribution in [-0.2, 0) is 0 Å². The second kappa shape index (κ2) is 3.55. The lowest BCUT2D eigenvalue weighted by Gasteiger charge is -2.23. The average Bonchev–Trinajstić information content (AvgIpc) is 2.28. The molecule has 0 amide bonds. The van der Waals surface area contributed by atoms with Crippen LogP contribution < -0.4 is 5.73 Å². The van der Waals surface area contributed by atoms with E-state index in [-0.39, 0.29) is 5.54 Å². The second-order valence-corrected chi connectivity index (χ2v) is 3.95. The number of hydrogen-bond donors (Lipinski definition) is 1. The minimum atomic E-state index is 0.144. The van der Waals surface area contributed by atoms with Crippen LogP contribution in [0.5, 0.6) is 0 Å². The van der Waals surface area contributed by atoms with Gasteiger partial charge in [0.2, 0.25) is 0 Å². The Hall–Kier alpha value is -0.0800. The van der Waals surface area contributed by atoms with Gasteiger partial charge in [-0.2, -0.15) is 0 Å². The zero-order valence-electron chi connectivity index (χ0n) is 7.77. The van der Waals surface area contributed by atoms with E-state index in [1.54, 1.807) is 0 Å². The molecular formula is C9H20N2. The summed E-state index contributed by atoms with van der Waals surface area (Å²) in [6, 6.07) is 0. The molecule has 1 saturated heterocycles. The summed E-state index contributed by atoms with van der Waals surface area (Å²) in [6.45, 7) is 4.50. The molecule has 1 aliphatic rings. The highest BCUT2D eigenvalue weighted by Gasteiger charge is 2.31. The summed E-state index contributed by atoms with van der Waals surface area (Å²) in [5.74, 6) is 0. The van der Waals surface area contributed by atoms with Crippen LogP contribution in [0, 0.1) is 0 Å². The molecule has 0 radical (unpaired) electrons. The number of nitrogens with two attached hydrogens (primary N) is 1. The molecule has 0 aromatic heterocycles. The minimum Gasteiger partial charge on any atom is -0.324 e. The van der Waals surface area contributed by atoms with Crippen molar-refractivity contribution in [3.63, 3.8) is 0 Å². The monoisotopic (exact) mass is 156 g/mol. The maximum absolute atomic E-state index is 6.19. The van der Waals surface area contributed by atoms with Gasteiger partial charge in [-0.3, -0.25) is 0 Å². The molecule has 1 atom stereocenters. The van der Waals surface area contributed by atoms with E-state index in [0.29, 0.717) is 0 Å². The van der Waals surface area contributed by atoms with Gasteiger partial charge in [0.05, 0.1) is 0 Å². The number of likely N-dealkylation sites (tertiary alicyclic amines) is 1. The summed E-state index contributed by atoms with van der Waals surface area (Å²) in [4.78, 5) is 2.33. The number of likely N-dealkylation sites (N-methyl/N-ethyl adjacent to an activating group) is 1. The van der Waals surface area contributed by atoms with Crippen LogP contribution in [0.2, 0.25) is 0 Å². The smallest absolute Gasteiger partial charge is 0.0295 e. The Bertz CT molecular complexity index is 125. The maximum atomic E-state index is 6.19. The lowest BCUT2D eigenvalue weighted by molar-refractivity contribution is 0.348. The standard InChI is InChI=1S/C9H20N2/c1-3-4-5-9(10)6-7-11(2)8-9/h3-8,10H2,1-2H3. The normalized spacial score (nSPS) is 33.0. The number of unbranched alkanes of at least 4 members (excludes halogenated alkanes) is 1. The van der Waals surface area contributed by atoms with Gasteiger partial charge < -0.3 is 10.6 Å². The van der Waals surface area contributed by atoms with Gasteiger partial charge >= 0.3 is 0 Å². The van der Waals surface area contributed by atoms with Crippen LogP contribution in [0.25, 0.3) is 0 Å². The Morgan fingerprint density at radius 3 is 2.73 bits per heavy atom. The summed E-state index contributed by atoms with van der Waals surface area (Å²) in [5, 5.41) is 0. The molecule has 1 rings (SSSR count). The van der Waals surface area contributed by atoms with Crippen molar-refractivity contribution in [2.45, 2.75) is 38.1 Å². The van der Waals surface area contributed by atoms with Gasteiger partial charge in [-0.05, 0) is 26.4 Å². The fourth-order valence-electron chi connectivity index (χ4n) is 1.84. The first-order valence-corrected chi connectivity index (χ1v) is 4.64. The molecule has 1 unspecified atom stereocenters. The average molecular weight is 156 g/mol. The Balaban J connectivity index is 2.29. The van der Waals surface area contributed by atoms with E-state index < -0.39 is 0 Å². The Morgan fingerprint density at radius 2 is 2.27 bits per heavy atom. The fraction of sp³-hybridized carbons (Fsp3) is 1.00. The van der Waals surface area contributed by atoms with Crippen LogP contribution in [0.15, 0.2) is 0 Å². The van der Waals surface area contributed by atoms with Gasteiger partial charge in [0.1, 0.15) is 0 Å². The van der Waals surface area contributed by atoms with Gasteiger partial charge in [0.25, 0.3) is 0 Å². The van der Waals surface area contributed by atoms with Crippen molar-refractivity contribution in [1.82, 2.24) is 4.90 Å². The quantitative estimate of drug-likeness (QED) is 0.665. The lowest BCUT2D eigenvalue weighted by atomic mass is 9.93. The Labute approximate surface area is 69.8 Å². The van der Waals surface area contributed by atoms with Crippen molar-refractivity contribution in [3.05, 3.63) is 0 Å². The van der Waals surface area contributed by atoms with Gasteiger partial charge in [0.15, 0.2) is 0 Å². The zero-order chi connectivity index (χ0) is 8.32. The zero-order valence-corrected chi connectivity index (χ0v) is 7.77. The molecule has 0 saturated carbocycles. The lowest BCUT2D eigenvalue weighted by Crippen LogP contribution is -2.41. The van der Waals surface area contributed by atoms with Gasteiger partial charge in [0, 0.05) is 12.1 Å². The summed E-state index contributed by atoms with van der Waals surface area (Å²) in [7, 11) is 2.15. The second-order valence-electron chi connectivity index (χ2n) is 3.95. The predicted octanol–water partition coefficient (Wildman–Crippen LogP) is 1.21. The minimum absolute atomic E-state index is 0.144. The molecule has 1 aliphatic heterocycles. The maximum Gasteiger partial charge on any atom is 0.0295 e. The van der Waals surface area contributed by atoms with Crippen LogP contribution in [-0.4, -0.2) is 30.6 Å². The van der Waals surface area contributed by atoms with Crippen LogP contribution in [0.3, 0.4) is 0 Å². The molecule has 1 heterocycles. The molecule has 66 valence electrons. The highest BCUT2D eigenvalue weighted by Crippen LogP contribution is 2.22. The summed E-state index contributed by atoms with van der Waals surface area (Å²) >= 11 is 0. The first-order valence-electron chi connectivity index (χ1n) is 4.64. The van der Waals surface area contributed by atoms with E-state index in [1.807, 2.05) is 0 Å². The van der Waals surface area contributed by atoms with Crippen molar-refractivity contribution in [2.75, 3.05) is 20.1 Å². The molecule has 1 fully saturated rings. The van der Waals surface area contributed by atoms with Crippen molar-refractivity contribution in [2.24, 2.45) is 5.73 Å². The van der Waals surface area contributed by atoms with Crippen LogP contribution in [0.1, 0.15) is 32.6 Å². The third-order valence-electron chi connectivity index (χ3n) is 2.60. The van der Waals surface area contributed by atoms with Gasteiger partial charge in [-0.15, -0.1) is 0 Å². The molecule has 2 N–H and O–H groups in total. The van der Waals surface area contributed by atoms with Gasteiger partial charge in [-0.1, -0.05) is 19.8 Å². The number of rotatable bonds is 3. The van der Waals surface area contributed by atoms with E-state index in [9.17, 15) is 0 Å². The third kappa shape index (κ3) is 2.46. The molecule has 2 heteroatoms. The summed E-state index contributed by atoms with van der Waals surface area (Å²) < 4.78 is 0. The number of hydrogen-bond acceptors (Lipinski definition) is 2. The highest BCUT2D eigenvalue weighted by molar-refractivity contribution is 4.92. The molecular weight excluding hydrogens is 136 g/mol. The summed E-state index contributed by atoms with van der Waals surface area (Å²) in [6.07, 6.45) is 4.93. The van der Waals surface area contributed by atoms with Crippen LogP contribution >= 0.6 is 0 Å². The summed E-state index contributed by atoms with van der Waals surface area (Å²) in [5.41, 5.74) is 6.34. The molecule has 0 spiro atoms. The molecule has 2 nitrogen and oxygen atoms in total. The molecule has 0 aromatic rings. The largest absolute Gasteiger partial charge is 0.324 e. The van der Waals surface area contributed by atoms with Crippen LogP contribution in [0.4, 0.5) is 0 Å².